The zero-order chi connectivity index (χ0) is 20.0. The zero-order valence-corrected chi connectivity index (χ0v) is 17.2. The standard InChI is InChI=1S/C25H34F2O/c1-3-5-23-15-14-22(18-25(23,26)27)21-12-8-19(9-13-21)6-7-20-10-16-24(17-11-20)28-4-2/h3,5-7,10-11,16-17,19,21-23H,4,8-9,12-15,18H2,1-2H3/b5-3+,7-6+. The Labute approximate surface area is 168 Å². The summed E-state index contributed by atoms with van der Waals surface area (Å²) in [5, 5.41) is 0. The summed E-state index contributed by atoms with van der Waals surface area (Å²) in [6, 6.07) is 8.17. The lowest BCUT2D eigenvalue weighted by molar-refractivity contribution is -0.0957. The highest BCUT2D eigenvalue weighted by molar-refractivity contribution is 5.50. The first-order valence-corrected chi connectivity index (χ1v) is 10.9. The number of halogens is 2. The van der Waals surface area contributed by atoms with Crippen molar-refractivity contribution < 1.29 is 13.5 Å². The fourth-order valence-corrected chi connectivity index (χ4v) is 4.98. The van der Waals surface area contributed by atoms with E-state index in [1.807, 2.05) is 26.0 Å². The molecule has 0 aliphatic heterocycles. The molecule has 0 heterocycles. The molecule has 3 rings (SSSR count). The van der Waals surface area contributed by atoms with Crippen LogP contribution in [0.4, 0.5) is 8.78 Å². The first kappa shape index (κ1) is 21.1. The number of benzene rings is 1. The van der Waals surface area contributed by atoms with Gasteiger partial charge in [-0.15, -0.1) is 0 Å². The van der Waals surface area contributed by atoms with Gasteiger partial charge in [0.25, 0.3) is 5.92 Å². The van der Waals surface area contributed by atoms with Crippen LogP contribution in [0.2, 0.25) is 0 Å². The van der Waals surface area contributed by atoms with Crippen molar-refractivity contribution in [3.63, 3.8) is 0 Å². The van der Waals surface area contributed by atoms with Crippen LogP contribution < -0.4 is 4.74 Å². The van der Waals surface area contributed by atoms with Crippen LogP contribution in [0.3, 0.4) is 0 Å². The Morgan fingerprint density at radius 1 is 0.964 bits per heavy atom. The normalized spacial score (nSPS) is 30.7. The molecule has 0 aromatic heterocycles. The Balaban J connectivity index is 1.48. The Hall–Kier alpha value is -1.64. The molecule has 0 spiro atoms. The van der Waals surface area contributed by atoms with Gasteiger partial charge in [-0.05, 0) is 87.8 Å². The fraction of sp³-hybridized carbons (Fsp3) is 0.600. The summed E-state index contributed by atoms with van der Waals surface area (Å²) in [7, 11) is 0. The molecule has 0 radical (unpaired) electrons. The van der Waals surface area contributed by atoms with Crippen LogP contribution in [0.5, 0.6) is 5.75 Å². The minimum Gasteiger partial charge on any atom is -0.494 e. The van der Waals surface area contributed by atoms with Crippen LogP contribution in [-0.2, 0) is 0 Å². The molecule has 2 aliphatic carbocycles. The van der Waals surface area contributed by atoms with Crippen LogP contribution >= 0.6 is 0 Å². The Kier molecular flexibility index (Phi) is 7.31. The Morgan fingerprint density at radius 2 is 1.64 bits per heavy atom. The van der Waals surface area contributed by atoms with Gasteiger partial charge in [0.2, 0.25) is 0 Å². The second-order valence-corrected chi connectivity index (χ2v) is 8.47. The Bertz CT molecular complexity index is 654. The Morgan fingerprint density at radius 3 is 2.25 bits per heavy atom. The van der Waals surface area contributed by atoms with E-state index >= 15 is 0 Å². The van der Waals surface area contributed by atoms with Gasteiger partial charge in [0.15, 0.2) is 0 Å². The summed E-state index contributed by atoms with van der Waals surface area (Å²) >= 11 is 0. The van der Waals surface area contributed by atoms with E-state index in [1.54, 1.807) is 12.2 Å². The molecule has 0 amide bonds. The molecule has 0 saturated heterocycles. The molecule has 2 fully saturated rings. The number of rotatable bonds is 6. The minimum absolute atomic E-state index is 0.0827. The van der Waals surface area contributed by atoms with E-state index in [9.17, 15) is 8.78 Å². The number of alkyl halides is 2. The average molecular weight is 389 g/mol. The molecule has 3 heteroatoms. The molecule has 2 unspecified atom stereocenters. The van der Waals surface area contributed by atoms with E-state index in [0.717, 1.165) is 37.9 Å². The molecule has 1 nitrogen and oxygen atoms in total. The first-order valence-electron chi connectivity index (χ1n) is 10.9. The molecule has 1 aromatic rings. The maximum Gasteiger partial charge on any atom is 0.254 e. The number of allylic oxidation sites excluding steroid dienone is 3. The molecular weight excluding hydrogens is 354 g/mol. The lowest BCUT2D eigenvalue weighted by Crippen LogP contribution is -2.38. The van der Waals surface area contributed by atoms with Crippen LogP contribution in [0.15, 0.2) is 42.5 Å². The summed E-state index contributed by atoms with van der Waals surface area (Å²) in [4.78, 5) is 0. The quantitative estimate of drug-likeness (QED) is 0.458. The molecule has 2 atom stereocenters. The second kappa shape index (κ2) is 9.71. The molecule has 0 N–H and O–H groups in total. The number of ether oxygens (including phenoxy) is 1. The lowest BCUT2D eigenvalue weighted by Gasteiger charge is -2.40. The summed E-state index contributed by atoms with van der Waals surface area (Å²) in [5.41, 5.74) is 1.19. The molecule has 2 aliphatic rings. The van der Waals surface area contributed by atoms with Gasteiger partial charge in [0.1, 0.15) is 5.75 Å². The van der Waals surface area contributed by atoms with Crippen LogP contribution in [0.25, 0.3) is 6.08 Å². The van der Waals surface area contributed by atoms with E-state index < -0.39 is 11.8 Å². The maximum absolute atomic E-state index is 14.5. The van der Waals surface area contributed by atoms with Crippen molar-refractivity contribution in [1.29, 1.82) is 0 Å². The van der Waals surface area contributed by atoms with Crippen molar-refractivity contribution in [1.82, 2.24) is 0 Å². The second-order valence-electron chi connectivity index (χ2n) is 8.47. The van der Waals surface area contributed by atoms with Crippen molar-refractivity contribution in [3.05, 3.63) is 48.1 Å². The van der Waals surface area contributed by atoms with Crippen molar-refractivity contribution in [2.24, 2.45) is 23.7 Å². The van der Waals surface area contributed by atoms with Gasteiger partial charge in [0, 0.05) is 12.3 Å². The van der Waals surface area contributed by atoms with Gasteiger partial charge in [-0.3, -0.25) is 0 Å². The lowest BCUT2D eigenvalue weighted by atomic mass is 9.68. The third-order valence-electron chi connectivity index (χ3n) is 6.59. The van der Waals surface area contributed by atoms with E-state index in [0.29, 0.717) is 24.9 Å². The summed E-state index contributed by atoms with van der Waals surface area (Å²) < 4.78 is 34.4. The minimum atomic E-state index is -2.53. The molecule has 1 aromatic carbocycles. The van der Waals surface area contributed by atoms with Crippen molar-refractivity contribution >= 4 is 6.08 Å². The topological polar surface area (TPSA) is 9.23 Å². The highest BCUT2D eigenvalue weighted by Gasteiger charge is 2.45. The average Bonchev–Trinajstić information content (AvgIpc) is 2.69. The maximum atomic E-state index is 14.5. The summed E-state index contributed by atoms with van der Waals surface area (Å²) in [6.45, 7) is 4.50. The predicted molar refractivity (Wildman–Crippen MR) is 113 cm³/mol. The van der Waals surface area contributed by atoms with Crippen LogP contribution in [0, 0.1) is 23.7 Å². The predicted octanol–water partition coefficient (Wildman–Crippen LogP) is 7.53. The summed E-state index contributed by atoms with van der Waals surface area (Å²) in [6.07, 6.45) is 14.1. The molecule has 154 valence electrons. The summed E-state index contributed by atoms with van der Waals surface area (Å²) in [5.74, 6) is -0.925. The van der Waals surface area contributed by atoms with E-state index in [4.69, 9.17) is 4.74 Å². The van der Waals surface area contributed by atoms with E-state index in [-0.39, 0.29) is 12.3 Å². The molecular formula is C25H34F2O. The van der Waals surface area contributed by atoms with Crippen LogP contribution in [-0.4, -0.2) is 12.5 Å². The highest BCUT2D eigenvalue weighted by atomic mass is 19.3. The van der Waals surface area contributed by atoms with Gasteiger partial charge >= 0.3 is 0 Å². The molecule has 0 bridgehead atoms. The van der Waals surface area contributed by atoms with Crippen molar-refractivity contribution in [3.8, 4) is 5.75 Å². The number of hydrogen-bond donors (Lipinski definition) is 0. The van der Waals surface area contributed by atoms with Crippen LogP contribution in [0.1, 0.15) is 64.4 Å². The van der Waals surface area contributed by atoms with Crippen molar-refractivity contribution in [2.45, 2.75) is 64.7 Å². The van der Waals surface area contributed by atoms with Gasteiger partial charge in [-0.25, -0.2) is 8.78 Å². The molecule has 2 saturated carbocycles. The SMILES string of the molecule is C/C=C/C1CCC(C2CCC(/C=C/c3ccc(OCC)cc3)CC2)CC1(F)F. The zero-order valence-electron chi connectivity index (χ0n) is 17.2. The van der Waals surface area contributed by atoms with Gasteiger partial charge in [-0.1, -0.05) is 36.4 Å². The smallest absolute Gasteiger partial charge is 0.254 e. The van der Waals surface area contributed by atoms with E-state index in [2.05, 4.69) is 24.3 Å². The van der Waals surface area contributed by atoms with Crippen molar-refractivity contribution in [2.75, 3.05) is 6.61 Å². The van der Waals surface area contributed by atoms with Gasteiger partial charge in [-0.2, -0.15) is 0 Å². The highest BCUT2D eigenvalue weighted by Crippen LogP contribution is 2.48. The van der Waals surface area contributed by atoms with Gasteiger partial charge in [0.05, 0.1) is 6.61 Å². The van der Waals surface area contributed by atoms with Gasteiger partial charge < -0.3 is 4.74 Å². The third kappa shape index (κ3) is 5.46. The third-order valence-corrected chi connectivity index (χ3v) is 6.59. The largest absolute Gasteiger partial charge is 0.494 e. The monoisotopic (exact) mass is 388 g/mol. The first-order chi connectivity index (χ1) is 13.5. The molecule has 28 heavy (non-hydrogen) atoms. The van der Waals surface area contributed by atoms with E-state index in [1.165, 1.54) is 5.56 Å². The number of hydrogen-bond acceptors (Lipinski definition) is 1. The fourth-order valence-electron chi connectivity index (χ4n) is 4.98.